The van der Waals surface area contributed by atoms with Crippen molar-refractivity contribution in [3.8, 4) is 11.8 Å². The second-order valence-electron chi connectivity index (χ2n) is 8.01. The number of rotatable bonds is 4. The van der Waals surface area contributed by atoms with Gasteiger partial charge in [0.05, 0.1) is 5.69 Å². The number of nitriles is 1. The van der Waals surface area contributed by atoms with E-state index >= 15 is 0 Å². The highest BCUT2D eigenvalue weighted by molar-refractivity contribution is 5.97. The third-order valence-electron chi connectivity index (χ3n) is 6.11. The van der Waals surface area contributed by atoms with Crippen LogP contribution in [0.25, 0.3) is 5.69 Å². The Kier molecular flexibility index (Phi) is 4.90. The lowest BCUT2D eigenvalue weighted by atomic mass is 10.1. The Morgan fingerprint density at radius 2 is 1.87 bits per heavy atom. The zero-order valence-corrected chi connectivity index (χ0v) is 17.7. The van der Waals surface area contributed by atoms with Gasteiger partial charge >= 0.3 is 0 Å². The summed E-state index contributed by atoms with van der Waals surface area (Å²) in [5.74, 6) is -0.197. The third kappa shape index (κ3) is 3.17. The number of benzene rings is 1. The maximum atomic E-state index is 13.1. The molecule has 0 saturated heterocycles. The van der Waals surface area contributed by atoms with E-state index in [1.807, 2.05) is 26.0 Å². The van der Waals surface area contributed by atoms with Gasteiger partial charge in [-0.15, -0.1) is 0 Å². The molecule has 1 aromatic carbocycles. The Bertz CT molecular complexity index is 1290. The van der Waals surface area contributed by atoms with E-state index in [0.29, 0.717) is 16.8 Å². The first-order valence-electron chi connectivity index (χ1n) is 10.1. The fraction of sp³-hybridized carbons (Fsp3) is 0.333. The zero-order valence-electron chi connectivity index (χ0n) is 17.7. The van der Waals surface area contributed by atoms with Gasteiger partial charge in [-0.1, -0.05) is 6.07 Å². The van der Waals surface area contributed by atoms with Gasteiger partial charge in [0.1, 0.15) is 18.2 Å². The summed E-state index contributed by atoms with van der Waals surface area (Å²) >= 11 is 0. The van der Waals surface area contributed by atoms with E-state index in [4.69, 9.17) is 0 Å². The minimum Gasteiger partial charge on any atom is -0.318 e. The molecular weight excluding hydrogens is 376 g/mol. The van der Waals surface area contributed by atoms with E-state index in [9.17, 15) is 14.9 Å². The molecule has 0 N–H and O–H groups in total. The SMILES string of the molecule is Cc1nn(CC(=O)c2cc(C)n(-c3ccc4c(c3)CCC4)c2C)c(=O)c(C#N)c1C. The maximum Gasteiger partial charge on any atom is 0.285 e. The molecular formula is C24H24N4O2. The van der Waals surface area contributed by atoms with E-state index in [1.54, 1.807) is 13.8 Å². The first-order chi connectivity index (χ1) is 14.3. The molecule has 2 heterocycles. The van der Waals surface area contributed by atoms with Crippen molar-refractivity contribution in [1.29, 1.82) is 5.26 Å². The van der Waals surface area contributed by atoms with Crippen molar-refractivity contribution in [2.75, 3.05) is 0 Å². The molecule has 0 fully saturated rings. The molecule has 0 atom stereocenters. The lowest BCUT2D eigenvalue weighted by molar-refractivity contribution is 0.0965. The topological polar surface area (TPSA) is 80.7 Å². The van der Waals surface area contributed by atoms with Crippen molar-refractivity contribution >= 4 is 5.78 Å². The standard InChI is InChI=1S/C24H24N4O2/c1-14-10-21(17(4)28(14)20-9-8-18-6-5-7-19(18)11-20)23(29)13-27-24(30)22(12-25)15(2)16(3)26-27/h8-11H,5-7,13H2,1-4H3. The van der Waals surface area contributed by atoms with E-state index in [2.05, 4.69) is 27.9 Å². The lowest BCUT2D eigenvalue weighted by Crippen LogP contribution is -2.30. The zero-order chi connectivity index (χ0) is 21.6. The Morgan fingerprint density at radius 1 is 1.13 bits per heavy atom. The number of ketones is 1. The molecule has 1 aliphatic carbocycles. The van der Waals surface area contributed by atoms with Crippen LogP contribution < -0.4 is 5.56 Å². The van der Waals surface area contributed by atoms with Crippen molar-refractivity contribution in [1.82, 2.24) is 14.3 Å². The van der Waals surface area contributed by atoms with Gasteiger partial charge in [0.25, 0.3) is 5.56 Å². The average Bonchev–Trinajstić information content (AvgIpc) is 3.29. The van der Waals surface area contributed by atoms with Gasteiger partial charge in [0.15, 0.2) is 5.78 Å². The van der Waals surface area contributed by atoms with Crippen molar-refractivity contribution in [2.24, 2.45) is 0 Å². The van der Waals surface area contributed by atoms with Crippen LogP contribution >= 0.6 is 0 Å². The molecule has 30 heavy (non-hydrogen) atoms. The van der Waals surface area contributed by atoms with Crippen molar-refractivity contribution in [3.63, 3.8) is 0 Å². The average molecular weight is 400 g/mol. The van der Waals surface area contributed by atoms with E-state index < -0.39 is 5.56 Å². The summed E-state index contributed by atoms with van der Waals surface area (Å²) in [6.07, 6.45) is 3.41. The molecule has 0 spiro atoms. The molecule has 0 bridgehead atoms. The molecule has 0 radical (unpaired) electrons. The van der Waals surface area contributed by atoms with Gasteiger partial charge in [-0.3, -0.25) is 9.59 Å². The first kappa shape index (κ1) is 19.8. The number of hydrogen-bond acceptors (Lipinski definition) is 4. The highest BCUT2D eigenvalue weighted by Gasteiger charge is 2.20. The molecule has 0 saturated carbocycles. The molecule has 4 rings (SSSR count). The number of carbonyl (C=O) groups is 1. The Balaban J connectivity index is 1.71. The van der Waals surface area contributed by atoms with Gasteiger partial charge in [0.2, 0.25) is 0 Å². The summed E-state index contributed by atoms with van der Waals surface area (Å²) in [7, 11) is 0. The van der Waals surface area contributed by atoms with Crippen molar-refractivity contribution in [2.45, 2.75) is 53.5 Å². The van der Waals surface area contributed by atoms with Crippen LogP contribution in [0, 0.1) is 39.0 Å². The van der Waals surface area contributed by atoms with E-state index in [0.717, 1.165) is 34.6 Å². The second-order valence-corrected chi connectivity index (χ2v) is 8.01. The third-order valence-corrected chi connectivity index (χ3v) is 6.11. The molecule has 6 heteroatoms. The van der Waals surface area contributed by atoms with Crippen molar-refractivity contribution < 1.29 is 4.79 Å². The lowest BCUT2D eigenvalue weighted by Gasteiger charge is -2.12. The minimum absolute atomic E-state index is 0.0407. The molecule has 1 aliphatic rings. The minimum atomic E-state index is -0.527. The molecule has 0 unspecified atom stereocenters. The van der Waals surface area contributed by atoms with Crippen molar-refractivity contribution in [3.05, 3.63) is 79.5 Å². The smallest absolute Gasteiger partial charge is 0.285 e. The molecule has 3 aromatic rings. The summed E-state index contributed by atoms with van der Waals surface area (Å²) in [5, 5.41) is 13.5. The number of nitrogens with zero attached hydrogens (tertiary/aromatic N) is 4. The largest absolute Gasteiger partial charge is 0.318 e. The van der Waals surface area contributed by atoms with Gasteiger partial charge in [-0.2, -0.15) is 10.4 Å². The van der Waals surface area contributed by atoms with Crippen LogP contribution in [0.5, 0.6) is 0 Å². The van der Waals surface area contributed by atoms with Crippen LogP contribution in [-0.4, -0.2) is 20.1 Å². The van der Waals surface area contributed by atoms with Crippen LogP contribution in [0.1, 0.15) is 56.1 Å². The fourth-order valence-corrected chi connectivity index (χ4v) is 4.37. The Labute approximate surface area is 175 Å². The summed E-state index contributed by atoms with van der Waals surface area (Å²) in [4.78, 5) is 25.6. The maximum absolute atomic E-state index is 13.1. The molecule has 0 amide bonds. The van der Waals surface area contributed by atoms with Gasteiger partial charge in [-0.25, -0.2) is 4.68 Å². The molecule has 2 aromatic heterocycles. The fourth-order valence-electron chi connectivity index (χ4n) is 4.37. The summed E-state index contributed by atoms with van der Waals surface area (Å²) in [5.41, 5.74) is 6.86. The van der Waals surface area contributed by atoms with Gasteiger partial charge in [-0.05, 0) is 81.8 Å². The summed E-state index contributed by atoms with van der Waals surface area (Å²) in [6, 6.07) is 10.3. The normalized spacial score (nSPS) is 12.6. The second kappa shape index (κ2) is 7.42. The number of aromatic nitrogens is 3. The van der Waals surface area contributed by atoms with E-state index in [-0.39, 0.29) is 17.9 Å². The quantitative estimate of drug-likeness (QED) is 0.628. The predicted octanol–water partition coefficient (Wildman–Crippen LogP) is 3.51. The van der Waals surface area contributed by atoms with Gasteiger partial charge in [0, 0.05) is 22.6 Å². The highest BCUT2D eigenvalue weighted by atomic mass is 16.1. The number of Topliss-reactive ketones (excluding diaryl/α,β-unsaturated/α-hetero) is 1. The summed E-state index contributed by atoms with van der Waals surface area (Å²) in [6.45, 7) is 7.13. The monoisotopic (exact) mass is 400 g/mol. The van der Waals surface area contributed by atoms with Gasteiger partial charge < -0.3 is 4.57 Å². The molecule has 0 aliphatic heterocycles. The van der Waals surface area contributed by atoms with E-state index in [1.165, 1.54) is 17.5 Å². The molecule has 152 valence electrons. The van der Waals surface area contributed by atoms with Crippen LogP contribution in [-0.2, 0) is 19.4 Å². The Morgan fingerprint density at radius 3 is 2.60 bits per heavy atom. The predicted molar refractivity (Wildman–Crippen MR) is 114 cm³/mol. The first-order valence-corrected chi connectivity index (χ1v) is 10.1. The summed E-state index contributed by atoms with van der Waals surface area (Å²) < 4.78 is 3.19. The van der Waals surface area contributed by atoms with Crippen LogP contribution in [0.2, 0.25) is 0 Å². The Hall–Kier alpha value is -3.46. The van der Waals surface area contributed by atoms with Crippen LogP contribution in [0.15, 0.2) is 29.1 Å². The molecule has 6 nitrogen and oxygen atoms in total. The van der Waals surface area contributed by atoms with Crippen LogP contribution in [0.4, 0.5) is 0 Å². The van der Waals surface area contributed by atoms with Crippen LogP contribution in [0.3, 0.4) is 0 Å². The number of aryl methyl sites for hydroxylation is 4. The number of fused-ring (bicyclic) bond motifs is 1. The number of carbonyl (C=O) groups excluding carboxylic acids is 1. The highest BCUT2D eigenvalue weighted by Crippen LogP contribution is 2.27. The number of hydrogen-bond donors (Lipinski definition) is 0.